The summed E-state index contributed by atoms with van der Waals surface area (Å²) in [5.41, 5.74) is 1.53. The molecule has 1 unspecified atom stereocenters. The molecule has 0 bridgehead atoms. The number of nitrogens with zero attached hydrogens (tertiary/aromatic N) is 2. The number of halogens is 2. The second kappa shape index (κ2) is 5.23. The number of nitrogens with one attached hydrogen (secondary N) is 1. The Morgan fingerprint density at radius 2 is 2.18 bits per heavy atom. The Hall–Kier alpha value is -1.49. The van der Waals surface area contributed by atoms with Gasteiger partial charge in [-0.15, -0.1) is 0 Å². The lowest BCUT2D eigenvalue weighted by Gasteiger charge is -2.14. The number of hydrogen-bond acceptors (Lipinski definition) is 3. The fourth-order valence-corrected chi connectivity index (χ4v) is 1.69. The molecule has 88 valence electrons. The van der Waals surface area contributed by atoms with Gasteiger partial charge in [0.15, 0.2) is 0 Å². The SMILES string of the molecule is CC(Nc1ccc(Br)c(F)c1)c1cnccn1. The van der Waals surface area contributed by atoms with Crippen LogP contribution in [0.5, 0.6) is 0 Å². The Morgan fingerprint density at radius 3 is 2.82 bits per heavy atom. The van der Waals surface area contributed by atoms with E-state index in [0.717, 1.165) is 5.69 Å². The van der Waals surface area contributed by atoms with Crippen LogP contribution in [-0.4, -0.2) is 9.97 Å². The molecule has 0 radical (unpaired) electrons. The first-order valence-electron chi connectivity index (χ1n) is 5.14. The van der Waals surface area contributed by atoms with Crippen molar-refractivity contribution in [2.45, 2.75) is 13.0 Å². The van der Waals surface area contributed by atoms with E-state index in [1.165, 1.54) is 6.07 Å². The lowest BCUT2D eigenvalue weighted by Crippen LogP contribution is -2.08. The predicted octanol–water partition coefficient (Wildman–Crippen LogP) is 3.55. The summed E-state index contributed by atoms with van der Waals surface area (Å²) < 4.78 is 13.8. The molecular weight excluding hydrogens is 285 g/mol. The molecule has 0 aliphatic carbocycles. The van der Waals surface area contributed by atoms with Gasteiger partial charge in [-0.1, -0.05) is 0 Å². The van der Waals surface area contributed by atoms with E-state index in [9.17, 15) is 4.39 Å². The zero-order valence-corrected chi connectivity index (χ0v) is 10.8. The normalized spacial score (nSPS) is 12.2. The molecule has 0 fully saturated rings. The minimum absolute atomic E-state index is 0.0238. The van der Waals surface area contributed by atoms with E-state index in [-0.39, 0.29) is 11.9 Å². The smallest absolute Gasteiger partial charge is 0.139 e. The van der Waals surface area contributed by atoms with E-state index >= 15 is 0 Å². The summed E-state index contributed by atoms with van der Waals surface area (Å²) in [6.07, 6.45) is 4.94. The summed E-state index contributed by atoms with van der Waals surface area (Å²) in [5.74, 6) is -0.290. The Morgan fingerprint density at radius 1 is 1.35 bits per heavy atom. The van der Waals surface area contributed by atoms with E-state index in [4.69, 9.17) is 0 Å². The van der Waals surface area contributed by atoms with Gasteiger partial charge < -0.3 is 5.32 Å². The number of hydrogen-bond donors (Lipinski definition) is 1. The van der Waals surface area contributed by atoms with E-state index in [1.54, 1.807) is 30.7 Å². The van der Waals surface area contributed by atoms with Crippen LogP contribution in [0.15, 0.2) is 41.3 Å². The van der Waals surface area contributed by atoms with E-state index in [2.05, 4.69) is 31.2 Å². The fourth-order valence-electron chi connectivity index (χ4n) is 1.44. The van der Waals surface area contributed by atoms with Crippen molar-refractivity contribution in [2.75, 3.05) is 5.32 Å². The van der Waals surface area contributed by atoms with Crippen molar-refractivity contribution in [3.05, 3.63) is 52.8 Å². The molecule has 0 amide bonds. The topological polar surface area (TPSA) is 37.8 Å². The molecule has 0 saturated carbocycles. The van der Waals surface area contributed by atoms with Crippen molar-refractivity contribution < 1.29 is 4.39 Å². The summed E-state index contributed by atoms with van der Waals surface area (Å²) in [5, 5.41) is 3.16. The standard InChI is InChI=1S/C12H11BrFN3/c1-8(12-7-15-4-5-16-12)17-9-2-3-10(13)11(14)6-9/h2-8,17H,1H3. The molecule has 1 N–H and O–H groups in total. The zero-order chi connectivity index (χ0) is 12.3. The van der Waals surface area contributed by atoms with Crippen molar-refractivity contribution in [3.8, 4) is 0 Å². The molecule has 1 heterocycles. The minimum Gasteiger partial charge on any atom is -0.377 e. The molecule has 1 aromatic carbocycles. The van der Waals surface area contributed by atoms with Gasteiger partial charge >= 0.3 is 0 Å². The van der Waals surface area contributed by atoms with E-state index in [0.29, 0.717) is 10.2 Å². The van der Waals surface area contributed by atoms with Crippen molar-refractivity contribution in [1.82, 2.24) is 9.97 Å². The van der Waals surface area contributed by atoms with Gasteiger partial charge in [-0.2, -0.15) is 0 Å². The van der Waals surface area contributed by atoms with Gasteiger partial charge in [0.2, 0.25) is 0 Å². The Kier molecular flexibility index (Phi) is 3.68. The van der Waals surface area contributed by atoms with Crippen LogP contribution in [0.25, 0.3) is 0 Å². The summed E-state index contributed by atoms with van der Waals surface area (Å²) in [6.45, 7) is 1.95. The summed E-state index contributed by atoms with van der Waals surface area (Å²) in [7, 11) is 0. The maximum absolute atomic E-state index is 13.3. The highest BCUT2D eigenvalue weighted by atomic mass is 79.9. The maximum Gasteiger partial charge on any atom is 0.139 e. The molecule has 0 spiro atoms. The molecule has 1 aromatic heterocycles. The summed E-state index contributed by atoms with van der Waals surface area (Å²) >= 11 is 3.12. The second-order valence-electron chi connectivity index (χ2n) is 3.63. The lowest BCUT2D eigenvalue weighted by molar-refractivity contribution is 0.621. The minimum atomic E-state index is -0.290. The van der Waals surface area contributed by atoms with Crippen LogP contribution >= 0.6 is 15.9 Å². The first-order valence-corrected chi connectivity index (χ1v) is 5.93. The third-order valence-corrected chi connectivity index (χ3v) is 2.97. The average Bonchev–Trinajstić information content (AvgIpc) is 2.35. The van der Waals surface area contributed by atoms with Gasteiger partial charge in [-0.05, 0) is 41.1 Å². The van der Waals surface area contributed by atoms with Crippen molar-refractivity contribution in [3.63, 3.8) is 0 Å². The van der Waals surface area contributed by atoms with Crippen LogP contribution < -0.4 is 5.32 Å². The van der Waals surface area contributed by atoms with Gasteiger partial charge in [0.25, 0.3) is 0 Å². The summed E-state index contributed by atoms with van der Waals surface area (Å²) in [4.78, 5) is 8.18. The monoisotopic (exact) mass is 295 g/mol. The Bertz CT molecular complexity index is 504. The number of aromatic nitrogens is 2. The highest BCUT2D eigenvalue weighted by Crippen LogP contribution is 2.22. The Balaban J connectivity index is 2.13. The third kappa shape index (κ3) is 3.00. The second-order valence-corrected chi connectivity index (χ2v) is 4.48. The first kappa shape index (κ1) is 12.0. The molecule has 0 saturated heterocycles. The first-order chi connectivity index (χ1) is 8.16. The van der Waals surface area contributed by atoms with Crippen molar-refractivity contribution >= 4 is 21.6 Å². The van der Waals surface area contributed by atoms with E-state index in [1.807, 2.05) is 6.92 Å². The molecule has 1 atom stereocenters. The average molecular weight is 296 g/mol. The molecule has 0 aliphatic rings. The largest absolute Gasteiger partial charge is 0.377 e. The van der Waals surface area contributed by atoms with Gasteiger partial charge in [0.05, 0.1) is 22.4 Å². The number of benzene rings is 1. The molecule has 17 heavy (non-hydrogen) atoms. The van der Waals surface area contributed by atoms with Crippen LogP contribution in [0.3, 0.4) is 0 Å². The number of anilines is 1. The van der Waals surface area contributed by atoms with E-state index < -0.39 is 0 Å². The molecule has 2 rings (SSSR count). The predicted molar refractivity (Wildman–Crippen MR) is 68.2 cm³/mol. The van der Waals surface area contributed by atoms with Crippen LogP contribution in [0, 0.1) is 5.82 Å². The number of rotatable bonds is 3. The molecular formula is C12H11BrFN3. The van der Waals surface area contributed by atoms with Gasteiger partial charge in [-0.3, -0.25) is 9.97 Å². The van der Waals surface area contributed by atoms with Crippen molar-refractivity contribution in [2.24, 2.45) is 0 Å². The van der Waals surface area contributed by atoms with Crippen LogP contribution in [-0.2, 0) is 0 Å². The van der Waals surface area contributed by atoms with Gasteiger partial charge in [-0.25, -0.2) is 4.39 Å². The van der Waals surface area contributed by atoms with Crippen LogP contribution in [0.1, 0.15) is 18.7 Å². The zero-order valence-electron chi connectivity index (χ0n) is 9.19. The molecule has 0 aliphatic heterocycles. The fraction of sp³-hybridized carbons (Fsp3) is 0.167. The van der Waals surface area contributed by atoms with Crippen molar-refractivity contribution in [1.29, 1.82) is 0 Å². The molecule has 3 nitrogen and oxygen atoms in total. The van der Waals surface area contributed by atoms with Gasteiger partial charge in [0, 0.05) is 18.1 Å². The Labute approximate surface area is 107 Å². The quantitative estimate of drug-likeness (QED) is 0.941. The summed E-state index contributed by atoms with van der Waals surface area (Å²) in [6, 6.07) is 4.89. The van der Waals surface area contributed by atoms with Crippen LogP contribution in [0.2, 0.25) is 0 Å². The third-order valence-electron chi connectivity index (χ3n) is 2.33. The van der Waals surface area contributed by atoms with Gasteiger partial charge in [0.1, 0.15) is 5.82 Å². The molecule has 2 aromatic rings. The lowest BCUT2D eigenvalue weighted by atomic mass is 10.2. The van der Waals surface area contributed by atoms with Crippen LogP contribution in [0.4, 0.5) is 10.1 Å². The highest BCUT2D eigenvalue weighted by molar-refractivity contribution is 9.10. The molecule has 5 heteroatoms. The maximum atomic E-state index is 13.3. The highest BCUT2D eigenvalue weighted by Gasteiger charge is 2.07.